The van der Waals surface area contributed by atoms with Gasteiger partial charge in [-0.1, -0.05) is 18.2 Å². The normalized spacial score (nSPS) is 16.6. The molecule has 1 amide bonds. The lowest BCUT2D eigenvalue weighted by Crippen LogP contribution is -2.49. The zero-order chi connectivity index (χ0) is 22.1. The summed E-state index contributed by atoms with van der Waals surface area (Å²) in [6, 6.07) is 12.8. The van der Waals surface area contributed by atoms with Gasteiger partial charge in [-0.2, -0.15) is 4.98 Å². The number of piperazine rings is 1. The van der Waals surface area contributed by atoms with Gasteiger partial charge in [0.2, 0.25) is 5.95 Å². The van der Waals surface area contributed by atoms with Crippen LogP contribution in [0.1, 0.15) is 23.2 Å². The molecule has 2 aromatic carbocycles. The molecule has 2 fully saturated rings. The molecule has 8 nitrogen and oxygen atoms in total. The first-order valence-electron chi connectivity index (χ1n) is 11.1. The van der Waals surface area contributed by atoms with Crippen LogP contribution in [0.3, 0.4) is 0 Å². The SMILES string of the molecule is COc1cc2c(N3CCN(C(=O)c4ccccc4)CC3)nc(N3CCCC3)nc2cc1O. The average molecular weight is 434 g/mol. The van der Waals surface area contributed by atoms with E-state index < -0.39 is 0 Å². The summed E-state index contributed by atoms with van der Waals surface area (Å²) >= 11 is 0. The number of anilines is 2. The van der Waals surface area contributed by atoms with Crippen LogP contribution in [0.25, 0.3) is 10.9 Å². The van der Waals surface area contributed by atoms with Gasteiger partial charge in [0, 0.05) is 56.3 Å². The van der Waals surface area contributed by atoms with E-state index in [1.165, 1.54) is 7.11 Å². The van der Waals surface area contributed by atoms with Crippen molar-refractivity contribution < 1.29 is 14.6 Å². The van der Waals surface area contributed by atoms with Crippen molar-refractivity contribution in [2.24, 2.45) is 0 Å². The van der Waals surface area contributed by atoms with Crippen LogP contribution in [0.5, 0.6) is 11.5 Å². The number of carbonyl (C=O) groups excluding carboxylic acids is 1. The molecule has 3 aromatic rings. The third kappa shape index (κ3) is 3.77. The molecular weight excluding hydrogens is 406 g/mol. The number of fused-ring (bicyclic) bond motifs is 1. The quantitative estimate of drug-likeness (QED) is 0.677. The van der Waals surface area contributed by atoms with Crippen LogP contribution >= 0.6 is 0 Å². The molecule has 2 aliphatic rings. The van der Waals surface area contributed by atoms with E-state index in [1.807, 2.05) is 35.2 Å². The van der Waals surface area contributed by atoms with Gasteiger partial charge in [-0.3, -0.25) is 4.79 Å². The van der Waals surface area contributed by atoms with Crippen LogP contribution in [0.15, 0.2) is 42.5 Å². The smallest absolute Gasteiger partial charge is 0.253 e. The number of benzene rings is 2. The number of rotatable bonds is 4. The zero-order valence-electron chi connectivity index (χ0n) is 18.2. The summed E-state index contributed by atoms with van der Waals surface area (Å²) in [5.74, 6) is 2.03. The molecule has 0 aliphatic carbocycles. The number of phenols is 1. The van der Waals surface area contributed by atoms with Crippen molar-refractivity contribution in [3.05, 3.63) is 48.0 Å². The van der Waals surface area contributed by atoms with Crippen molar-refractivity contribution in [2.75, 3.05) is 56.2 Å². The minimum atomic E-state index is 0.0575. The summed E-state index contributed by atoms with van der Waals surface area (Å²) in [6.45, 7) is 4.46. The number of ether oxygens (including phenoxy) is 1. The molecule has 166 valence electrons. The topological polar surface area (TPSA) is 82.0 Å². The number of aromatic hydroxyl groups is 1. The number of nitrogens with zero attached hydrogens (tertiary/aromatic N) is 5. The van der Waals surface area contributed by atoms with Gasteiger partial charge in [-0.05, 0) is 31.0 Å². The lowest BCUT2D eigenvalue weighted by molar-refractivity contribution is 0.0746. The van der Waals surface area contributed by atoms with E-state index in [-0.39, 0.29) is 11.7 Å². The Labute approximate surface area is 187 Å². The fraction of sp³-hybridized carbons (Fsp3) is 0.375. The largest absolute Gasteiger partial charge is 0.504 e. The van der Waals surface area contributed by atoms with Gasteiger partial charge in [0.05, 0.1) is 12.6 Å². The van der Waals surface area contributed by atoms with Crippen molar-refractivity contribution in [2.45, 2.75) is 12.8 Å². The minimum Gasteiger partial charge on any atom is -0.504 e. The van der Waals surface area contributed by atoms with Crippen LogP contribution in [0.4, 0.5) is 11.8 Å². The number of phenolic OH excluding ortho intramolecular Hbond substituents is 1. The number of hydrogen-bond acceptors (Lipinski definition) is 7. The van der Waals surface area contributed by atoms with E-state index in [0.717, 1.165) is 37.1 Å². The molecule has 0 bridgehead atoms. The maximum Gasteiger partial charge on any atom is 0.253 e. The van der Waals surface area contributed by atoms with E-state index in [1.54, 1.807) is 12.1 Å². The Morgan fingerprint density at radius 2 is 1.66 bits per heavy atom. The summed E-state index contributed by atoms with van der Waals surface area (Å²) in [5.41, 5.74) is 1.41. The van der Waals surface area contributed by atoms with E-state index in [4.69, 9.17) is 14.7 Å². The monoisotopic (exact) mass is 433 g/mol. The van der Waals surface area contributed by atoms with Gasteiger partial charge >= 0.3 is 0 Å². The Balaban J connectivity index is 1.45. The Morgan fingerprint density at radius 3 is 2.34 bits per heavy atom. The van der Waals surface area contributed by atoms with E-state index in [2.05, 4.69) is 9.80 Å². The van der Waals surface area contributed by atoms with E-state index in [9.17, 15) is 9.90 Å². The van der Waals surface area contributed by atoms with Crippen LogP contribution in [-0.4, -0.2) is 72.3 Å². The molecule has 0 atom stereocenters. The average Bonchev–Trinajstić information content (AvgIpc) is 3.38. The Morgan fingerprint density at radius 1 is 0.938 bits per heavy atom. The van der Waals surface area contributed by atoms with Crippen molar-refractivity contribution in [1.82, 2.24) is 14.9 Å². The predicted molar refractivity (Wildman–Crippen MR) is 124 cm³/mol. The number of aromatic nitrogens is 2. The summed E-state index contributed by atoms with van der Waals surface area (Å²) in [6.07, 6.45) is 2.26. The molecular formula is C24H27N5O3. The van der Waals surface area contributed by atoms with Gasteiger partial charge in [0.15, 0.2) is 11.5 Å². The van der Waals surface area contributed by atoms with Gasteiger partial charge in [0.25, 0.3) is 5.91 Å². The molecule has 3 heterocycles. The van der Waals surface area contributed by atoms with E-state index in [0.29, 0.717) is 49.0 Å². The molecule has 0 saturated carbocycles. The fourth-order valence-corrected chi connectivity index (χ4v) is 4.46. The molecule has 2 saturated heterocycles. The van der Waals surface area contributed by atoms with Crippen LogP contribution in [0, 0.1) is 0 Å². The lowest BCUT2D eigenvalue weighted by Gasteiger charge is -2.36. The Bertz CT molecular complexity index is 1120. The molecule has 8 heteroatoms. The number of hydrogen-bond donors (Lipinski definition) is 1. The molecule has 0 radical (unpaired) electrons. The summed E-state index contributed by atoms with van der Waals surface area (Å²) in [7, 11) is 1.54. The Kier molecular flexibility index (Phi) is 5.43. The Hall–Kier alpha value is -3.55. The maximum atomic E-state index is 12.8. The third-order valence-electron chi connectivity index (χ3n) is 6.24. The number of methoxy groups -OCH3 is 1. The van der Waals surface area contributed by atoms with Gasteiger partial charge in [0.1, 0.15) is 5.82 Å². The summed E-state index contributed by atoms with van der Waals surface area (Å²) in [4.78, 5) is 28.8. The minimum absolute atomic E-state index is 0.0575. The van der Waals surface area contributed by atoms with Gasteiger partial charge in [-0.25, -0.2) is 4.98 Å². The highest BCUT2D eigenvalue weighted by atomic mass is 16.5. The first-order valence-corrected chi connectivity index (χ1v) is 11.1. The summed E-state index contributed by atoms with van der Waals surface area (Å²) < 4.78 is 5.34. The fourth-order valence-electron chi connectivity index (χ4n) is 4.46. The number of carbonyl (C=O) groups is 1. The first-order chi connectivity index (χ1) is 15.6. The zero-order valence-corrected chi connectivity index (χ0v) is 18.2. The standard InChI is InChI=1S/C24H27N5O3/c1-32-21-15-18-19(16-20(21)30)25-24(29-9-5-6-10-29)26-22(18)27-11-13-28(14-12-27)23(31)17-7-3-2-4-8-17/h2-4,7-8,15-16,30H,5-6,9-14H2,1H3. The van der Waals surface area contributed by atoms with Crippen molar-refractivity contribution in [3.8, 4) is 11.5 Å². The highest BCUT2D eigenvalue weighted by Crippen LogP contribution is 2.36. The predicted octanol–water partition coefficient (Wildman–Crippen LogP) is 2.91. The molecule has 32 heavy (non-hydrogen) atoms. The second-order valence-electron chi connectivity index (χ2n) is 8.23. The van der Waals surface area contributed by atoms with Gasteiger partial charge in [-0.15, -0.1) is 0 Å². The highest BCUT2D eigenvalue weighted by molar-refractivity contribution is 5.95. The van der Waals surface area contributed by atoms with Crippen molar-refractivity contribution in [3.63, 3.8) is 0 Å². The molecule has 0 unspecified atom stereocenters. The van der Waals surface area contributed by atoms with Gasteiger partial charge < -0.3 is 24.5 Å². The molecule has 5 rings (SSSR count). The molecule has 2 aliphatic heterocycles. The molecule has 0 spiro atoms. The van der Waals surface area contributed by atoms with Crippen LogP contribution in [0.2, 0.25) is 0 Å². The lowest BCUT2D eigenvalue weighted by atomic mass is 10.1. The second-order valence-corrected chi connectivity index (χ2v) is 8.23. The third-order valence-corrected chi connectivity index (χ3v) is 6.24. The molecule has 1 aromatic heterocycles. The maximum absolute atomic E-state index is 12.8. The van der Waals surface area contributed by atoms with E-state index >= 15 is 0 Å². The summed E-state index contributed by atoms with van der Waals surface area (Å²) in [5, 5.41) is 11.2. The van der Waals surface area contributed by atoms with Crippen LogP contribution < -0.4 is 14.5 Å². The first kappa shape index (κ1) is 20.4. The molecule has 1 N–H and O–H groups in total. The van der Waals surface area contributed by atoms with Crippen molar-refractivity contribution in [1.29, 1.82) is 0 Å². The number of amides is 1. The second kappa shape index (κ2) is 8.53. The highest BCUT2D eigenvalue weighted by Gasteiger charge is 2.26. The van der Waals surface area contributed by atoms with Crippen molar-refractivity contribution >= 4 is 28.6 Å². The van der Waals surface area contributed by atoms with Crippen LogP contribution in [-0.2, 0) is 0 Å².